The van der Waals surface area contributed by atoms with Crippen molar-refractivity contribution < 1.29 is 19.0 Å². The van der Waals surface area contributed by atoms with Crippen molar-refractivity contribution in [3.63, 3.8) is 0 Å². The van der Waals surface area contributed by atoms with Crippen LogP contribution in [-0.2, 0) is 11.4 Å². The lowest BCUT2D eigenvalue weighted by molar-refractivity contribution is 0.131. The van der Waals surface area contributed by atoms with Gasteiger partial charge in [-0.25, -0.2) is 0 Å². The van der Waals surface area contributed by atoms with Crippen molar-refractivity contribution in [3.8, 4) is 39.6 Å². The van der Waals surface area contributed by atoms with Gasteiger partial charge in [0.1, 0.15) is 24.7 Å². The Morgan fingerprint density at radius 3 is 2.17 bits per heavy atom. The molecule has 7 nitrogen and oxygen atoms in total. The maximum atomic E-state index is 6.05. The number of hydrogen-bond acceptors (Lipinski definition) is 6. The number of methoxy groups -OCH3 is 2. The second-order valence-electron chi connectivity index (χ2n) is 10.3. The van der Waals surface area contributed by atoms with Gasteiger partial charge in [-0.3, -0.25) is 0 Å². The van der Waals surface area contributed by atoms with Gasteiger partial charge in [0.05, 0.1) is 19.9 Å². The van der Waals surface area contributed by atoms with Gasteiger partial charge in [0.25, 0.3) is 0 Å². The molecule has 0 unspecified atom stereocenters. The molecule has 42 heavy (non-hydrogen) atoms. The minimum absolute atomic E-state index is 0. The van der Waals surface area contributed by atoms with E-state index in [1.165, 1.54) is 11.1 Å². The molecule has 4 aromatic carbocycles. The maximum Gasteiger partial charge on any atom is 0.161 e. The number of aromatic nitrogens is 1. The molecule has 0 amide bonds. The second-order valence-corrected chi connectivity index (χ2v) is 10.3. The lowest BCUT2D eigenvalue weighted by atomic mass is 10.0. The van der Waals surface area contributed by atoms with Crippen LogP contribution in [0.25, 0.3) is 33.3 Å². The minimum atomic E-state index is 0. The number of benzene rings is 4. The number of likely N-dealkylation sites (N-methyl/N-ethyl adjacent to an activating group) is 1. The number of oxime groups is 1. The number of nitrogens with one attached hydrogen (secondary N) is 1. The van der Waals surface area contributed by atoms with Gasteiger partial charge < -0.3 is 28.9 Å². The predicted molar refractivity (Wildman–Crippen MR) is 170 cm³/mol. The normalized spacial score (nSPS) is 12.6. The van der Waals surface area contributed by atoms with E-state index in [1.54, 1.807) is 14.2 Å². The number of fused-ring (bicyclic) bond motifs is 5. The van der Waals surface area contributed by atoms with E-state index in [1.807, 2.05) is 56.6 Å². The summed E-state index contributed by atoms with van der Waals surface area (Å²) in [5.41, 5.74) is 8.98. The highest BCUT2D eigenvalue weighted by molar-refractivity contribution is 6.30. The van der Waals surface area contributed by atoms with E-state index in [0.717, 1.165) is 56.9 Å². The third-order valence-corrected chi connectivity index (χ3v) is 7.31. The first-order valence-electron chi connectivity index (χ1n) is 13.6. The minimum Gasteiger partial charge on any atom is -0.493 e. The Labute approximate surface area is 252 Å². The van der Waals surface area contributed by atoms with E-state index < -0.39 is 0 Å². The van der Waals surface area contributed by atoms with Gasteiger partial charge in [-0.15, -0.1) is 12.4 Å². The molecule has 1 aliphatic carbocycles. The van der Waals surface area contributed by atoms with Crippen molar-refractivity contribution in [1.29, 1.82) is 0 Å². The van der Waals surface area contributed by atoms with Crippen LogP contribution < -0.4 is 14.2 Å². The average Bonchev–Trinajstić information content (AvgIpc) is 3.51. The van der Waals surface area contributed by atoms with E-state index in [2.05, 4.69) is 52.3 Å². The summed E-state index contributed by atoms with van der Waals surface area (Å²) < 4.78 is 17.3. The van der Waals surface area contributed by atoms with Gasteiger partial charge >= 0.3 is 0 Å². The Balaban J connectivity index is 0.00000353. The van der Waals surface area contributed by atoms with E-state index in [0.29, 0.717) is 24.7 Å². The smallest absolute Gasteiger partial charge is 0.161 e. The molecule has 216 valence electrons. The monoisotopic (exact) mass is 583 g/mol. The molecule has 1 aliphatic rings. The number of H-pyrrole nitrogens is 1. The van der Waals surface area contributed by atoms with Crippen LogP contribution in [0, 0.1) is 0 Å². The largest absolute Gasteiger partial charge is 0.493 e. The van der Waals surface area contributed by atoms with Crippen LogP contribution in [0.5, 0.6) is 17.2 Å². The van der Waals surface area contributed by atoms with E-state index >= 15 is 0 Å². The summed E-state index contributed by atoms with van der Waals surface area (Å²) in [7, 11) is 7.35. The highest BCUT2D eigenvalue weighted by Gasteiger charge is 2.32. The average molecular weight is 584 g/mol. The zero-order chi connectivity index (χ0) is 28.3. The molecule has 0 saturated carbocycles. The van der Waals surface area contributed by atoms with Gasteiger partial charge in [0.15, 0.2) is 11.5 Å². The first kappa shape index (κ1) is 29.0. The van der Waals surface area contributed by atoms with Gasteiger partial charge in [0, 0.05) is 34.1 Å². The molecular formula is C34H34ClN3O4. The Morgan fingerprint density at radius 2 is 1.48 bits per heavy atom. The van der Waals surface area contributed by atoms with Crippen LogP contribution in [0.3, 0.4) is 0 Å². The molecule has 1 aromatic heterocycles. The lowest BCUT2D eigenvalue weighted by Crippen LogP contribution is -2.19. The first-order valence-corrected chi connectivity index (χ1v) is 13.6. The van der Waals surface area contributed by atoms with Gasteiger partial charge in [-0.2, -0.15) is 0 Å². The molecule has 1 N–H and O–H groups in total. The molecule has 0 fully saturated rings. The van der Waals surface area contributed by atoms with Crippen molar-refractivity contribution in [2.45, 2.75) is 6.61 Å². The zero-order valence-electron chi connectivity index (χ0n) is 24.1. The van der Waals surface area contributed by atoms with Crippen molar-refractivity contribution in [3.05, 3.63) is 102 Å². The van der Waals surface area contributed by atoms with Crippen LogP contribution >= 0.6 is 12.4 Å². The summed E-state index contributed by atoms with van der Waals surface area (Å²) in [5.74, 6) is 2.10. The van der Waals surface area contributed by atoms with Crippen LogP contribution in [0.15, 0.2) is 90.1 Å². The Hall–Kier alpha value is -4.46. The van der Waals surface area contributed by atoms with Crippen LogP contribution in [0.4, 0.5) is 0 Å². The number of aromatic amines is 1. The molecule has 8 heteroatoms. The molecule has 0 spiro atoms. The molecule has 1 heterocycles. The van der Waals surface area contributed by atoms with Gasteiger partial charge in [-0.05, 0) is 61.1 Å². The quantitative estimate of drug-likeness (QED) is 0.173. The molecule has 5 aromatic rings. The van der Waals surface area contributed by atoms with Crippen LogP contribution in [0.2, 0.25) is 0 Å². The molecule has 0 aliphatic heterocycles. The summed E-state index contributed by atoms with van der Waals surface area (Å²) in [6.07, 6.45) is 0. The molecule has 0 bridgehead atoms. The number of rotatable bonds is 10. The summed E-state index contributed by atoms with van der Waals surface area (Å²) in [6, 6.07) is 28.8. The first-order chi connectivity index (χ1) is 20.1. The number of hydrogen-bond donors (Lipinski definition) is 1. The van der Waals surface area contributed by atoms with Crippen LogP contribution in [-0.4, -0.2) is 57.1 Å². The van der Waals surface area contributed by atoms with Gasteiger partial charge in [-0.1, -0.05) is 59.8 Å². The van der Waals surface area contributed by atoms with Crippen molar-refractivity contribution >= 4 is 29.0 Å². The molecule has 0 saturated heterocycles. The topological polar surface area (TPSA) is 68.3 Å². The highest BCUT2D eigenvalue weighted by Crippen LogP contribution is 2.46. The van der Waals surface area contributed by atoms with Crippen molar-refractivity contribution in [1.82, 2.24) is 9.88 Å². The number of halogens is 1. The summed E-state index contributed by atoms with van der Waals surface area (Å²) in [4.78, 5) is 11.7. The highest BCUT2D eigenvalue weighted by atomic mass is 35.5. The lowest BCUT2D eigenvalue weighted by Gasteiger charge is -2.12. The number of nitrogens with zero attached hydrogens (tertiary/aromatic N) is 2. The summed E-state index contributed by atoms with van der Waals surface area (Å²) in [6.45, 7) is 1.78. The van der Waals surface area contributed by atoms with Crippen molar-refractivity contribution in [2.24, 2.45) is 5.16 Å². The zero-order valence-corrected chi connectivity index (χ0v) is 25.0. The van der Waals surface area contributed by atoms with Crippen LogP contribution in [0.1, 0.15) is 16.7 Å². The SMILES string of the molecule is COc1cc2c(cc1OC)-c1[nH]c3ccc(OCCN(C)C)cc3c1/C2=N\OCc1ccc(-c2ccccc2)cc1.Cl. The van der Waals surface area contributed by atoms with E-state index in [9.17, 15) is 0 Å². The molecular weight excluding hydrogens is 550 g/mol. The third-order valence-electron chi connectivity index (χ3n) is 7.31. The molecule has 6 rings (SSSR count). The third kappa shape index (κ3) is 5.66. The molecule has 0 atom stereocenters. The van der Waals surface area contributed by atoms with Gasteiger partial charge in [0.2, 0.25) is 0 Å². The number of ether oxygens (including phenoxy) is 3. The van der Waals surface area contributed by atoms with E-state index in [4.69, 9.17) is 24.2 Å². The fourth-order valence-electron chi connectivity index (χ4n) is 5.16. The fraction of sp³-hybridized carbons (Fsp3) is 0.206. The maximum absolute atomic E-state index is 6.05. The molecule has 0 radical (unpaired) electrons. The Kier molecular flexibility index (Phi) is 8.71. The van der Waals surface area contributed by atoms with Crippen molar-refractivity contribution in [2.75, 3.05) is 41.5 Å². The fourth-order valence-corrected chi connectivity index (χ4v) is 5.16. The summed E-state index contributed by atoms with van der Waals surface area (Å²) >= 11 is 0. The van der Waals surface area contributed by atoms with E-state index in [-0.39, 0.29) is 12.4 Å². The Morgan fingerprint density at radius 1 is 0.786 bits per heavy atom. The summed E-state index contributed by atoms with van der Waals surface area (Å²) in [5, 5.41) is 5.72. The predicted octanol–water partition coefficient (Wildman–Crippen LogP) is 7.16. The second kappa shape index (κ2) is 12.6. The standard InChI is InChI=1S/C34H33N3O4.ClH/c1-37(2)16-17-40-25-14-15-29-28(18-25)32-33(35-29)26-19-30(38-3)31(39-4)20-27(26)34(32)36-41-21-22-10-12-24(13-11-22)23-8-6-5-7-9-23;/h5-15,18-20,35H,16-17,21H2,1-4H3;1H/b36-34-;. The Bertz CT molecular complexity index is 1710.